The molecule has 7 heteroatoms. The van der Waals surface area contributed by atoms with Gasteiger partial charge in [-0.1, -0.05) is 6.07 Å². The Morgan fingerprint density at radius 3 is 2.46 bits per heavy atom. The van der Waals surface area contributed by atoms with Crippen LogP contribution in [0.5, 0.6) is 5.75 Å². The number of benzene rings is 2. The highest BCUT2D eigenvalue weighted by Gasteiger charge is 2.36. The molecule has 0 fully saturated rings. The minimum absolute atomic E-state index is 0. The Balaban J connectivity index is 0.00000243. The van der Waals surface area contributed by atoms with Crippen molar-refractivity contribution >= 4 is 28.1 Å². The fourth-order valence-electron chi connectivity index (χ4n) is 3.11. The second-order valence-corrected chi connectivity index (χ2v) is 9.00. The molecule has 2 aromatic rings. The van der Waals surface area contributed by atoms with Crippen molar-refractivity contribution < 1.29 is 13.2 Å². The maximum Gasteiger partial charge on any atom is 0.241 e. The van der Waals surface area contributed by atoms with Crippen LogP contribution in [0.4, 0.5) is 5.69 Å². The molecular weight excluding hydrogens is 372 g/mol. The predicted octanol–water partition coefficient (Wildman–Crippen LogP) is 3.89. The molecule has 0 saturated carbocycles. The standard InChI is InChI=1S/C19H24N2O3S.ClH/c1-12-5-7-15(9-13(12)2)25(22,23)21-17-11-19(3,4)24-18-8-6-14(20)10-16(17)18;/h5-10,17,21H,11,20H2,1-4H3;1H. The third-order valence-corrected chi connectivity index (χ3v) is 6.05. The third-order valence-electron chi connectivity index (χ3n) is 4.58. The number of nitrogen functional groups attached to an aromatic ring is 1. The molecule has 3 rings (SSSR count). The summed E-state index contributed by atoms with van der Waals surface area (Å²) in [4.78, 5) is 0.269. The van der Waals surface area contributed by atoms with Crippen molar-refractivity contribution in [2.24, 2.45) is 0 Å². The van der Waals surface area contributed by atoms with Crippen LogP contribution >= 0.6 is 12.4 Å². The molecule has 1 heterocycles. The quantitative estimate of drug-likeness (QED) is 0.771. The summed E-state index contributed by atoms with van der Waals surface area (Å²) in [6, 6.07) is 10.1. The van der Waals surface area contributed by atoms with Crippen molar-refractivity contribution in [2.45, 2.75) is 50.7 Å². The van der Waals surface area contributed by atoms with Gasteiger partial charge in [0.1, 0.15) is 11.4 Å². The average molecular weight is 397 g/mol. The van der Waals surface area contributed by atoms with Crippen LogP contribution in [0.1, 0.15) is 43.0 Å². The number of fused-ring (bicyclic) bond motifs is 1. The van der Waals surface area contributed by atoms with E-state index in [9.17, 15) is 8.42 Å². The molecule has 0 saturated heterocycles. The molecule has 1 atom stereocenters. The van der Waals surface area contributed by atoms with Crippen molar-refractivity contribution in [2.75, 3.05) is 5.73 Å². The lowest BCUT2D eigenvalue weighted by molar-refractivity contribution is 0.0702. The molecule has 0 aliphatic carbocycles. The molecule has 1 aliphatic rings. The van der Waals surface area contributed by atoms with Crippen LogP contribution in [0.2, 0.25) is 0 Å². The minimum atomic E-state index is -3.65. The molecule has 0 aromatic heterocycles. The van der Waals surface area contributed by atoms with E-state index in [1.165, 1.54) is 0 Å². The summed E-state index contributed by atoms with van der Waals surface area (Å²) in [6.45, 7) is 7.76. The molecular formula is C19H25ClN2O3S. The number of nitrogens with one attached hydrogen (secondary N) is 1. The zero-order valence-corrected chi connectivity index (χ0v) is 17.0. The maximum absolute atomic E-state index is 12.9. The van der Waals surface area contributed by atoms with E-state index in [-0.39, 0.29) is 17.3 Å². The first-order valence-electron chi connectivity index (χ1n) is 8.25. The zero-order valence-electron chi connectivity index (χ0n) is 15.4. The lowest BCUT2D eigenvalue weighted by atomic mass is 9.90. The maximum atomic E-state index is 12.9. The van der Waals surface area contributed by atoms with E-state index >= 15 is 0 Å². The van der Waals surface area contributed by atoms with Gasteiger partial charge in [0.2, 0.25) is 10.0 Å². The molecule has 142 valence electrons. The molecule has 26 heavy (non-hydrogen) atoms. The van der Waals surface area contributed by atoms with Crippen molar-refractivity contribution in [1.82, 2.24) is 4.72 Å². The number of sulfonamides is 1. The van der Waals surface area contributed by atoms with E-state index < -0.39 is 21.7 Å². The summed E-state index contributed by atoms with van der Waals surface area (Å²) < 4.78 is 34.6. The van der Waals surface area contributed by atoms with Gasteiger partial charge in [0, 0.05) is 17.7 Å². The zero-order chi connectivity index (χ0) is 18.4. The molecule has 2 aromatic carbocycles. The van der Waals surface area contributed by atoms with E-state index in [0.717, 1.165) is 16.7 Å². The van der Waals surface area contributed by atoms with Crippen molar-refractivity contribution in [3.05, 3.63) is 53.1 Å². The van der Waals surface area contributed by atoms with Crippen molar-refractivity contribution in [1.29, 1.82) is 0 Å². The van der Waals surface area contributed by atoms with E-state index in [1.807, 2.05) is 33.8 Å². The Kier molecular flexibility index (Phi) is 5.61. The summed E-state index contributed by atoms with van der Waals surface area (Å²) in [7, 11) is -3.65. The van der Waals surface area contributed by atoms with E-state index in [2.05, 4.69) is 4.72 Å². The predicted molar refractivity (Wildman–Crippen MR) is 106 cm³/mol. The number of hydrogen-bond acceptors (Lipinski definition) is 4. The Morgan fingerprint density at radius 1 is 1.12 bits per heavy atom. The van der Waals surface area contributed by atoms with Crippen LogP contribution in [0.3, 0.4) is 0 Å². The summed E-state index contributed by atoms with van der Waals surface area (Å²) in [6.07, 6.45) is 0.521. The van der Waals surface area contributed by atoms with Crippen LogP contribution in [0, 0.1) is 13.8 Å². The van der Waals surface area contributed by atoms with Crippen LogP contribution in [0.15, 0.2) is 41.3 Å². The number of aryl methyl sites for hydroxylation is 2. The van der Waals surface area contributed by atoms with E-state index in [0.29, 0.717) is 17.9 Å². The first kappa shape index (κ1) is 20.6. The van der Waals surface area contributed by atoms with Gasteiger partial charge in [-0.15, -0.1) is 12.4 Å². The highest BCUT2D eigenvalue weighted by atomic mass is 35.5. The molecule has 0 radical (unpaired) electrons. The minimum Gasteiger partial charge on any atom is -0.487 e. The Labute approximate surface area is 161 Å². The third kappa shape index (κ3) is 4.14. The van der Waals surface area contributed by atoms with Gasteiger partial charge < -0.3 is 10.5 Å². The van der Waals surface area contributed by atoms with Gasteiger partial charge >= 0.3 is 0 Å². The summed E-state index contributed by atoms with van der Waals surface area (Å²) in [5.41, 5.74) is 8.77. The Morgan fingerprint density at radius 2 is 1.81 bits per heavy atom. The van der Waals surface area contributed by atoms with Crippen LogP contribution in [0.25, 0.3) is 0 Å². The van der Waals surface area contributed by atoms with E-state index in [1.54, 1.807) is 30.3 Å². The van der Waals surface area contributed by atoms with Gasteiger partial charge in [0.15, 0.2) is 0 Å². The lowest BCUT2D eigenvalue weighted by Gasteiger charge is -2.37. The molecule has 0 amide bonds. The fraction of sp³-hybridized carbons (Fsp3) is 0.368. The number of nitrogens with two attached hydrogens (primary N) is 1. The second kappa shape index (κ2) is 7.10. The van der Waals surface area contributed by atoms with Crippen LogP contribution in [-0.4, -0.2) is 14.0 Å². The normalized spacial score (nSPS) is 18.4. The van der Waals surface area contributed by atoms with Gasteiger partial charge in [-0.25, -0.2) is 13.1 Å². The topological polar surface area (TPSA) is 81.4 Å². The lowest BCUT2D eigenvalue weighted by Crippen LogP contribution is -2.41. The molecule has 0 spiro atoms. The van der Waals surface area contributed by atoms with Crippen molar-refractivity contribution in [3.63, 3.8) is 0 Å². The van der Waals surface area contributed by atoms with Gasteiger partial charge in [0.25, 0.3) is 0 Å². The summed E-state index contributed by atoms with van der Waals surface area (Å²) >= 11 is 0. The Bertz CT molecular complexity index is 926. The SMILES string of the molecule is Cc1ccc(S(=O)(=O)NC2CC(C)(C)Oc3ccc(N)cc32)cc1C.Cl. The summed E-state index contributed by atoms with van der Waals surface area (Å²) in [5.74, 6) is 0.665. The first-order valence-corrected chi connectivity index (χ1v) is 9.74. The smallest absolute Gasteiger partial charge is 0.241 e. The molecule has 1 aliphatic heterocycles. The molecule has 1 unspecified atom stereocenters. The Hall–Kier alpha value is -1.76. The largest absolute Gasteiger partial charge is 0.487 e. The fourth-order valence-corrected chi connectivity index (χ4v) is 4.41. The van der Waals surface area contributed by atoms with Crippen LogP contribution < -0.4 is 15.2 Å². The summed E-state index contributed by atoms with van der Waals surface area (Å²) in [5, 5.41) is 0. The molecule has 0 bridgehead atoms. The number of rotatable bonds is 3. The van der Waals surface area contributed by atoms with Gasteiger partial charge in [-0.2, -0.15) is 0 Å². The number of anilines is 1. The first-order chi connectivity index (χ1) is 11.6. The number of ether oxygens (including phenoxy) is 1. The second-order valence-electron chi connectivity index (χ2n) is 7.28. The highest BCUT2D eigenvalue weighted by molar-refractivity contribution is 7.89. The average Bonchev–Trinajstić information content (AvgIpc) is 2.49. The number of halogens is 1. The van der Waals surface area contributed by atoms with Crippen molar-refractivity contribution in [3.8, 4) is 5.75 Å². The highest BCUT2D eigenvalue weighted by Crippen LogP contribution is 2.41. The molecule has 5 nitrogen and oxygen atoms in total. The van der Waals surface area contributed by atoms with E-state index in [4.69, 9.17) is 10.5 Å². The number of hydrogen-bond donors (Lipinski definition) is 2. The van der Waals surface area contributed by atoms with Gasteiger partial charge in [-0.3, -0.25) is 0 Å². The van der Waals surface area contributed by atoms with Crippen LogP contribution in [-0.2, 0) is 10.0 Å². The van der Waals surface area contributed by atoms with Gasteiger partial charge in [0.05, 0.1) is 10.9 Å². The molecule has 3 N–H and O–H groups in total. The monoisotopic (exact) mass is 396 g/mol. The van der Waals surface area contributed by atoms with Gasteiger partial charge in [-0.05, 0) is 69.2 Å².